The first-order valence-electron chi connectivity index (χ1n) is 7.17. The third-order valence-electron chi connectivity index (χ3n) is 3.46. The summed E-state index contributed by atoms with van der Waals surface area (Å²) in [5, 5.41) is 8.03. The third kappa shape index (κ3) is 2.89. The summed E-state index contributed by atoms with van der Waals surface area (Å²) < 4.78 is 1.89. The highest BCUT2D eigenvalue weighted by Gasteiger charge is 2.18. The molecule has 0 saturated carbocycles. The van der Waals surface area contributed by atoms with Gasteiger partial charge in [-0.3, -0.25) is 0 Å². The Bertz CT molecular complexity index is 738. The Morgan fingerprint density at radius 1 is 1.14 bits per heavy atom. The van der Waals surface area contributed by atoms with E-state index < -0.39 is 0 Å². The van der Waals surface area contributed by atoms with Crippen LogP contribution in [0.1, 0.15) is 32.0 Å². The molecule has 1 N–H and O–H groups in total. The normalized spacial score (nSPS) is 11.8. The van der Waals surface area contributed by atoms with Crippen LogP contribution in [0.25, 0.3) is 5.52 Å². The molecule has 0 fully saturated rings. The Morgan fingerprint density at radius 3 is 2.62 bits per heavy atom. The topological polar surface area (TPSA) is 42.2 Å². The number of fused-ring (bicyclic) bond motifs is 1. The first-order chi connectivity index (χ1) is 10.0. The molecular formula is C17H20N4. The number of rotatable bonds is 3. The molecule has 0 atom stereocenters. The number of anilines is 1. The summed E-state index contributed by atoms with van der Waals surface area (Å²) in [5.41, 5.74) is 3.34. The fourth-order valence-electron chi connectivity index (χ4n) is 2.21. The molecule has 1 aromatic carbocycles. The highest BCUT2D eigenvalue weighted by atomic mass is 15.2. The average molecular weight is 280 g/mol. The van der Waals surface area contributed by atoms with Crippen molar-refractivity contribution in [3.8, 4) is 0 Å². The SMILES string of the molecule is CC(C)(C)c1cc2c(NCc3ccccc3)nccn2n1. The van der Waals surface area contributed by atoms with Crippen molar-refractivity contribution in [2.45, 2.75) is 32.7 Å². The minimum atomic E-state index is 0.0305. The molecule has 2 heterocycles. The second-order valence-electron chi connectivity index (χ2n) is 6.22. The van der Waals surface area contributed by atoms with Gasteiger partial charge in [-0.15, -0.1) is 0 Å². The Morgan fingerprint density at radius 2 is 1.90 bits per heavy atom. The molecule has 4 heteroatoms. The summed E-state index contributed by atoms with van der Waals surface area (Å²) in [4.78, 5) is 4.45. The Balaban J connectivity index is 1.90. The van der Waals surface area contributed by atoms with Crippen LogP contribution in [0.15, 0.2) is 48.8 Å². The Hall–Kier alpha value is -2.36. The summed E-state index contributed by atoms with van der Waals surface area (Å²) in [5.74, 6) is 0.865. The molecule has 0 amide bonds. The van der Waals surface area contributed by atoms with Gasteiger partial charge in [-0.25, -0.2) is 9.50 Å². The van der Waals surface area contributed by atoms with Crippen LogP contribution in [0.2, 0.25) is 0 Å². The van der Waals surface area contributed by atoms with Crippen molar-refractivity contribution in [1.29, 1.82) is 0 Å². The number of aromatic nitrogens is 3. The molecule has 3 aromatic rings. The molecular weight excluding hydrogens is 260 g/mol. The lowest BCUT2D eigenvalue weighted by Gasteiger charge is -2.13. The predicted octanol–water partition coefficient (Wildman–Crippen LogP) is 3.64. The minimum Gasteiger partial charge on any atom is -0.364 e. The molecule has 0 unspecified atom stereocenters. The summed E-state index contributed by atoms with van der Waals surface area (Å²) in [7, 11) is 0. The van der Waals surface area contributed by atoms with E-state index in [1.165, 1.54) is 5.56 Å². The van der Waals surface area contributed by atoms with E-state index in [-0.39, 0.29) is 5.41 Å². The fraction of sp³-hybridized carbons (Fsp3) is 0.294. The van der Waals surface area contributed by atoms with E-state index in [1.807, 2.05) is 28.9 Å². The van der Waals surface area contributed by atoms with Crippen LogP contribution in [0.4, 0.5) is 5.82 Å². The maximum atomic E-state index is 4.64. The number of nitrogens with zero attached hydrogens (tertiary/aromatic N) is 3. The van der Waals surface area contributed by atoms with Gasteiger partial charge in [-0.1, -0.05) is 51.1 Å². The zero-order chi connectivity index (χ0) is 14.9. The van der Waals surface area contributed by atoms with E-state index in [1.54, 1.807) is 6.20 Å². The summed E-state index contributed by atoms with van der Waals surface area (Å²) in [6.07, 6.45) is 3.66. The molecule has 0 aliphatic heterocycles. The van der Waals surface area contributed by atoms with E-state index >= 15 is 0 Å². The van der Waals surface area contributed by atoms with Gasteiger partial charge >= 0.3 is 0 Å². The third-order valence-corrected chi connectivity index (χ3v) is 3.46. The van der Waals surface area contributed by atoms with Crippen molar-refractivity contribution < 1.29 is 0 Å². The fourth-order valence-corrected chi connectivity index (χ4v) is 2.21. The van der Waals surface area contributed by atoms with Gasteiger partial charge in [0.25, 0.3) is 0 Å². The van der Waals surface area contributed by atoms with Gasteiger partial charge in [0.2, 0.25) is 0 Å². The van der Waals surface area contributed by atoms with Crippen LogP contribution in [0, 0.1) is 0 Å². The Kier molecular flexibility index (Phi) is 3.37. The number of hydrogen-bond acceptors (Lipinski definition) is 3. The van der Waals surface area contributed by atoms with Crippen LogP contribution in [-0.4, -0.2) is 14.6 Å². The van der Waals surface area contributed by atoms with Crippen molar-refractivity contribution in [3.05, 3.63) is 60.0 Å². The van der Waals surface area contributed by atoms with Gasteiger partial charge in [0, 0.05) is 24.4 Å². The van der Waals surface area contributed by atoms with Crippen molar-refractivity contribution in [3.63, 3.8) is 0 Å². The van der Waals surface area contributed by atoms with Crippen LogP contribution in [0.5, 0.6) is 0 Å². The van der Waals surface area contributed by atoms with E-state index in [9.17, 15) is 0 Å². The molecule has 0 aliphatic carbocycles. The molecule has 4 nitrogen and oxygen atoms in total. The van der Waals surface area contributed by atoms with Crippen LogP contribution >= 0.6 is 0 Å². The molecule has 0 radical (unpaired) electrons. The monoisotopic (exact) mass is 280 g/mol. The lowest BCUT2D eigenvalue weighted by Crippen LogP contribution is -2.11. The zero-order valence-corrected chi connectivity index (χ0v) is 12.7. The minimum absolute atomic E-state index is 0.0305. The molecule has 2 aromatic heterocycles. The number of benzene rings is 1. The smallest absolute Gasteiger partial charge is 0.152 e. The molecule has 3 rings (SSSR count). The lowest BCUT2D eigenvalue weighted by atomic mass is 9.92. The van der Waals surface area contributed by atoms with Gasteiger partial charge in [-0.2, -0.15) is 5.10 Å². The summed E-state index contributed by atoms with van der Waals surface area (Å²) in [6.45, 7) is 7.25. The van der Waals surface area contributed by atoms with Gasteiger partial charge in [-0.05, 0) is 11.6 Å². The largest absolute Gasteiger partial charge is 0.364 e. The van der Waals surface area contributed by atoms with E-state index in [2.05, 4.69) is 54.4 Å². The van der Waals surface area contributed by atoms with Crippen LogP contribution in [0.3, 0.4) is 0 Å². The first kappa shape index (κ1) is 13.6. The lowest BCUT2D eigenvalue weighted by molar-refractivity contribution is 0.562. The predicted molar refractivity (Wildman–Crippen MR) is 85.5 cm³/mol. The van der Waals surface area contributed by atoms with E-state index in [0.717, 1.165) is 23.6 Å². The van der Waals surface area contributed by atoms with Crippen molar-refractivity contribution in [1.82, 2.24) is 14.6 Å². The molecule has 0 saturated heterocycles. The average Bonchev–Trinajstić information content (AvgIpc) is 2.91. The van der Waals surface area contributed by atoms with Gasteiger partial charge in [0.05, 0.1) is 5.69 Å². The summed E-state index contributed by atoms with van der Waals surface area (Å²) >= 11 is 0. The van der Waals surface area contributed by atoms with Crippen molar-refractivity contribution in [2.24, 2.45) is 0 Å². The number of nitrogens with one attached hydrogen (secondary N) is 1. The molecule has 0 bridgehead atoms. The second kappa shape index (κ2) is 5.20. The van der Waals surface area contributed by atoms with E-state index in [0.29, 0.717) is 0 Å². The van der Waals surface area contributed by atoms with Crippen molar-refractivity contribution in [2.75, 3.05) is 5.32 Å². The molecule has 0 spiro atoms. The van der Waals surface area contributed by atoms with Crippen LogP contribution in [-0.2, 0) is 12.0 Å². The molecule has 21 heavy (non-hydrogen) atoms. The maximum absolute atomic E-state index is 4.64. The Labute approximate surface area is 124 Å². The highest BCUT2D eigenvalue weighted by molar-refractivity contribution is 5.68. The first-order valence-corrected chi connectivity index (χ1v) is 7.17. The molecule has 108 valence electrons. The second-order valence-corrected chi connectivity index (χ2v) is 6.22. The van der Waals surface area contributed by atoms with Gasteiger partial charge in [0.15, 0.2) is 5.82 Å². The quantitative estimate of drug-likeness (QED) is 0.796. The summed E-state index contributed by atoms with van der Waals surface area (Å²) in [6, 6.07) is 12.4. The van der Waals surface area contributed by atoms with E-state index in [4.69, 9.17) is 0 Å². The maximum Gasteiger partial charge on any atom is 0.152 e. The van der Waals surface area contributed by atoms with Gasteiger partial charge < -0.3 is 5.32 Å². The number of hydrogen-bond donors (Lipinski definition) is 1. The van der Waals surface area contributed by atoms with Crippen LogP contribution < -0.4 is 5.32 Å². The standard InChI is InChI=1S/C17H20N4/c1-17(2,3)15-11-14-16(18-9-10-21(14)20-15)19-12-13-7-5-4-6-8-13/h4-11H,12H2,1-3H3,(H,18,19). The zero-order valence-electron chi connectivity index (χ0n) is 12.7. The molecule has 0 aliphatic rings. The highest BCUT2D eigenvalue weighted by Crippen LogP contribution is 2.24. The van der Waals surface area contributed by atoms with Gasteiger partial charge in [0.1, 0.15) is 5.52 Å². The van der Waals surface area contributed by atoms with Crippen molar-refractivity contribution >= 4 is 11.3 Å².